The zero-order chi connectivity index (χ0) is 9.41. The molecule has 1 aliphatic carbocycles. The lowest BCUT2D eigenvalue weighted by Crippen LogP contribution is -2.35. The lowest BCUT2D eigenvalue weighted by molar-refractivity contribution is 0.355. The SMILES string of the molecule is C[SiH](C)C1(C(C)(C)C)C=CC=C1. The molecule has 0 aliphatic heterocycles. The molecule has 68 valence electrons. The van der Waals surface area contributed by atoms with Gasteiger partial charge in [0.1, 0.15) is 0 Å². The summed E-state index contributed by atoms with van der Waals surface area (Å²) >= 11 is 0. The van der Waals surface area contributed by atoms with Gasteiger partial charge in [0.15, 0.2) is 0 Å². The largest absolute Gasteiger partial charge is 0.0771 e. The van der Waals surface area contributed by atoms with E-state index >= 15 is 0 Å². The zero-order valence-electron chi connectivity index (χ0n) is 8.89. The second-order valence-electron chi connectivity index (χ2n) is 5.06. The molecule has 0 N–H and O–H groups in total. The van der Waals surface area contributed by atoms with Crippen molar-refractivity contribution >= 4 is 8.80 Å². The van der Waals surface area contributed by atoms with Gasteiger partial charge >= 0.3 is 0 Å². The van der Waals surface area contributed by atoms with Crippen LogP contribution in [0, 0.1) is 5.41 Å². The van der Waals surface area contributed by atoms with Crippen LogP contribution in [0.2, 0.25) is 18.1 Å². The first-order valence-electron chi connectivity index (χ1n) is 4.77. The summed E-state index contributed by atoms with van der Waals surface area (Å²) in [5.41, 5.74) is 0.386. The molecule has 0 unspecified atom stereocenters. The fraction of sp³-hybridized carbons (Fsp3) is 0.636. The van der Waals surface area contributed by atoms with E-state index in [0.717, 1.165) is 0 Å². The van der Waals surface area contributed by atoms with E-state index in [1.165, 1.54) is 0 Å². The summed E-state index contributed by atoms with van der Waals surface area (Å²) in [6, 6.07) is 0. The standard InChI is InChI=1S/C11H20Si/c1-10(2,3)11(12(4)5)8-6-7-9-11/h6-9,12H,1-5H3. The molecule has 0 atom stereocenters. The van der Waals surface area contributed by atoms with E-state index in [2.05, 4.69) is 58.2 Å². The molecule has 0 saturated carbocycles. The van der Waals surface area contributed by atoms with Crippen LogP contribution in [-0.2, 0) is 0 Å². The number of hydrogen-bond donors (Lipinski definition) is 0. The van der Waals surface area contributed by atoms with Crippen molar-refractivity contribution in [2.24, 2.45) is 5.41 Å². The Kier molecular flexibility index (Phi) is 2.35. The first-order chi connectivity index (χ1) is 5.40. The third kappa shape index (κ3) is 1.31. The van der Waals surface area contributed by atoms with Crippen molar-refractivity contribution in [2.75, 3.05) is 0 Å². The van der Waals surface area contributed by atoms with E-state index in [9.17, 15) is 0 Å². The second-order valence-corrected chi connectivity index (χ2v) is 8.32. The van der Waals surface area contributed by atoms with Crippen LogP contribution >= 0.6 is 0 Å². The first-order valence-corrected chi connectivity index (χ1v) is 7.66. The van der Waals surface area contributed by atoms with Gasteiger partial charge in [0.05, 0.1) is 0 Å². The van der Waals surface area contributed by atoms with E-state index in [0.29, 0.717) is 10.5 Å². The van der Waals surface area contributed by atoms with Crippen molar-refractivity contribution in [3.05, 3.63) is 24.3 Å². The van der Waals surface area contributed by atoms with Gasteiger partial charge in [0.25, 0.3) is 0 Å². The summed E-state index contributed by atoms with van der Waals surface area (Å²) in [4.78, 5) is 0. The minimum atomic E-state index is -0.657. The molecule has 0 fully saturated rings. The first kappa shape index (κ1) is 9.78. The van der Waals surface area contributed by atoms with Gasteiger partial charge in [-0.05, 0) is 5.41 Å². The van der Waals surface area contributed by atoms with Crippen molar-refractivity contribution < 1.29 is 0 Å². The Morgan fingerprint density at radius 1 is 1.00 bits per heavy atom. The molecule has 0 amide bonds. The molecule has 0 heterocycles. The van der Waals surface area contributed by atoms with Gasteiger partial charge in [-0.3, -0.25) is 0 Å². The molecule has 1 aliphatic rings. The van der Waals surface area contributed by atoms with E-state index in [-0.39, 0.29) is 0 Å². The van der Waals surface area contributed by atoms with Crippen LogP contribution in [0.5, 0.6) is 0 Å². The van der Waals surface area contributed by atoms with E-state index in [1.54, 1.807) is 0 Å². The number of hydrogen-bond acceptors (Lipinski definition) is 0. The average Bonchev–Trinajstić information content (AvgIpc) is 2.31. The summed E-state index contributed by atoms with van der Waals surface area (Å²) in [7, 11) is -0.657. The zero-order valence-corrected chi connectivity index (χ0v) is 10.0. The van der Waals surface area contributed by atoms with E-state index < -0.39 is 8.80 Å². The van der Waals surface area contributed by atoms with Crippen LogP contribution in [0.1, 0.15) is 20.8 Å². The third-order valence-electron chi connectivity index (χ3n) is 3.11. The lowest BCUT2D eigenvalue weighted by atomic mass is 9.80. The van der Waals surface area contributed by atoms with Crippen molar-refractivity contribution in [2.45, 2.75) is 38.9 Å². The summed E-state index contributed by atoms with van der Waals surface area (Å²) in [5, 5.41) is 0.410. The highest BCUT2D eigenvalue weighted by Gasteiger charge is 2.41. The van der Waals surface area contributed by atoms with Gasteiger partial charge in [-0.15, -0.1) is 0 Å². The highest BCUT2D eigenvalue weighted by molar-refractivity contribution is 6.61. The smallest absolute Gasteiger partial charge is 0.0474 e. The summed E-state index contributed by atoms with van der Waals surface area (Å²) in [6.45, 7) is 11.9. The predicted molar refractivity (Wildman–Crippen MR) is 59.3 cm³/mol. The van der Waals surface area contributed by atoms with Crippen LogP contribution in [0.4, 0.5) is 0 Å². The molecule has 0 saturated heterocycles. The maximum atomic E-state index is 2.44. The third-order valence-corrected chi connectivity index (χ3v) is 6.27. The molecule has 1 heteroatoms. The molecule has 1 rings (SSSR count). The van der Waals surface area contributed by atoms with Crippen LogP contribution < -0.4 is 0 Å². The average molecular weight is 180 g/mol. The highest BCUT2D eigenvalue weighted by Crippen LogP contribution is 2.52. The predicted octanol–water partition coefficient (Wildman–Crippen LogP) is 3.39. The topological polar surface area (TPSA) is 0 Å². The van der Waals surface area contributed by atoms with Crippen molar-refractivity contribution in [3.63, 3.8) is 0 Å². The maximum Gasteiger partial charge on any atom is 0.0474 e. The van der Waals surface area contributed by atoms with Crippen LogP contribution in [-0.4, -0.2) is 8.80 Å². The Balaban J connectivity index is 3.05. The molecular formula is C11H20Si. The Morgan fingerprint density at radius 3 is 1.58 bits per heavy atom. The molecular weight excluding hydrogens is 160 g/mol. The molecule has 12 heavy (non-hydrogen) atoms. The van der Waals surface area contributed by atoms with Crippen molar-refractivity contribution in [1.29, 1.82) is 0 Å². The van der Waals surface area contributed by atoms with Gasteiger partial charge in [0, 0.05) is 13.8 Å². The molecule has 0 radical (unpaired) electrons. The quantitative estimate of drug-likeness (QED) is 0.543. The maximum absolute atomic E-state index is 2.44. The van der Waals surface area contributed by atoms with Gasteiger partial charge in [-0.25, -0.2) is 0 Å². The Hall–Kier alpha value is -0.303. The molecule has 0 nitrogen and oxygen atoms in total. The summed E-state index contributed by atoms with van der Waals surface area (Å²) in [5.74, 6) is 0. The van der Waals surface area contributed by atoms with Gasteiger partial charge in [0.2, 0.25) is 0 Å². The molecule has 0 aromatic heterocycles. The van der Waals surface area contributed by atoms with Crippen LogP contribution in [0.15, 0.2) is 24.3 Å². The number of allylic oxidation sites excluding steroid dienone is 4. The Morgan fingerprint density at radius 2 is 1.42 bits per heavy atom. The number of rotatable bonds is 1. The fourth-order valence-electron chi connectivity index (χ4n) is 2.24. The van der Waals surface area contributed by atoms with E-state index in [4.69, 9.17) is 0 Å². The Labute approximate surface area is 78.0 Å². The second kappa shape index (κ2) is 2.88. The van der Waals surface area contributed by atoms with Gasteiger partial charge < -0.3 is 0 Å². The van der Waals surface area contributed by atoms with Crippen molar-refractivity contribution in [1.82, 2.24) is 0 Å². The molecule has 0 spiro atoms. The normalized spacial score (nSPS) is 20.8. The fourth-order valence-corrected chi connectivity index (χ4v) is 4.96. The minimum absolute atomic E-state index is 0.386. The summed E-state index contributed by atoms with van der Waals surface area (Å²) in [6.07, 6.45) is 9.23. The molecule has 0 bridgehead atoms. The minimum Gasteiger partial charge on any atom is -0.0771 e. The molecule has 0 aromatic rings. The summed E-state index contributed by atoms with van der Waals surface area (Å²) < 4.78 is 0. The van der Waals surface area contributed by atoms with E-state index in [1.807, 2.05) is 0 Å². The lowest BCUT2D eigenvalue weighted by Gasteiger charge is -2.42. The van der Waals surface area contributed by atoms with Gasteiger partial charge in [-0.2, -0.15) is 0 Å². The van der Waals surface area contributed by atoms with Crippen molar-refractivity contribution in [3.8, 4) is 0 Å². The monoisotopic (exact) mass is 180 g/mol. The Bertz CT molecular complexity index is 204. The van der Waals surface area contributed by atoms with Crippen LogP contribution in [0.3, 0.4) is 0 Å². The highest BCUT2D eigenvalue weighted by atomic mass is 28.3. The van der Waals surface area contributed by atoms with Gasteiger partial charge in [-0.1, -0.05) is 58.2 Å². The van der Waals surface area contributed by atoms with Crippen LogP contribution in [0.25, 0.3) is 0 Å². The molecule has 0 aromatic carbocycles.